The van der Waals surface area contributed by atoms with E-state index in [1.54, 1.807) is 42.5 Å². The van der Waals surface area contributed by atoms with Crippen molar-refractivity contribution in [2.75, 3.05) is 13.7 Å². The number of halogens is 1. The van der Waals surface area contributed by atoms with Crippen LogP contribution in [-0.4, -0.2) is 45.2 Å². The summed E-state index contributed by atoms with van der Waals surface area (Å²) in [6.07, 6.45) is 2.96. The van der Waals surface area contributed by atoms with Gasteiger partial charge < -0.3 is 15.2 Å². The molecule has 4 aromatic rings. The van der Waals surface area contributed by atoms with Gasteiger partial charge in [-0.05, 0) is 42.0 Å². The van der Waals surface area contributed by atoms with Crippen molar-refractivity contribution in [1.82, 2.24) is 19.9 Å². The van der Waals surface area contributed by atoms with Crippen molar-refractivity contribution in [1.29, 1.82) is 0 Å². The number of fused-ring (bicyclic) bond motifs is 1. The maximum Gasteiger partial charge on any atom is 0.335 e. The number of carboxylic acids is 1. The van der Waals surface area contributed by atoms with Crippen LogP contribution >= 0.6 is 11.6 Å². The van der Waals surface area contributed by atoms with Crippen LogP contribution in [0.4, 0.5) is 0 Å². The topological polar surface area (TPSA) is 123 Å². The minimum Gasteiger partial charge on any atom is -0.491 e. The molecule has 2 heterocycles. The van der Waals surface area contributed by atoms with E-state index in [4.69, 9.17) is 16.3 Å². The Kier molecular flexibility index (Phi) is 7.07. The predicted molar refractivity (Wildman–Crippen MR) is 131 cm³/mol. The highest BCUT2D eigenvalue weighted by Crippen LogP contribution is 2.33. The van der Waals surface area contributed by atoms with Crippen molar-refractivity contribution in [3.8, 4) is 16.9 Å². The number of pyridine rings is 1. The molecule has 2 aromatic heterocycles. The maximum atomic E-state index is 13.0. The van der Waals surface area contributed by atoms with E-state index in [0.717, 1.165) is 0 Å². The zero-order valence-corrected chi connectivity index (χ0v) is 19.5. The fourth-order valence-electron chi connectivity index (χ4n) is 3.54. The number of aromatic carboxylic acids is 1. The molecule has 0 radical (unpaired) electrons. The summed E-state index contributed by atoms with van der Waals surface area (Å²) in [7, 11) is 1.53. The number of carbonyl (C=O) groups is 2. The molecule has 4 rings (SSSR count). The summed E-state index contributed by atoms with van der Waals surface area (Å²) in [4.78, 5) is 44.5. The van der Waals surface area contributed by atoms with Gasteiger partial charge in [0.1, 0.15) is 12.4 Å². The van der Waals surface area contributed by atoms with Gasteiger partial charge >= 0.3 is 5.97 Å². The number of carbonyl (C=O) groups excluding carboxylic acids is 1. The van der Waals surface area contributed by atoms with Crippen LogP contribution < -0.4 is 15.6 Å². The van der Waals surface area contributed by atoms with Crippen molar-refractivity contribution in [3.63, 3.8) is 0 Å². The molecule has 0 aliphatic carbocycles. The molecule has 35 heavy (non-hydrogen) atoms. The predicted octanol–water partition coefficient (Wildman–Crippen LogP) is 3.18. The number of nitrogens with zero attached hydrogens (tertiary/aromatic N) is 3. The molecular weight excluding hydrogens is 472 g/mol. The van der Waals surface area contributed by atoms with E-state index in [1.807, 2.05) is 0 Å². The zero-order valence-electron chi connectivity index (χ0n) is 18.7. The highest BCUT2D eigenvalue weighted by Gasteiger charge is 2.12. The van der Waals surface area contributed by atoms with Crippen molar-refractivity contribution < 1.29 is 19.4 Å². The molecule has 0 fully saturated rings. The van der Waals surface area contributed by atoms with Crippen molar-refractivity contribution in [2.45, 2.75) is 13.0 Å². The Morgan fingerprint density at radius 3 is 2.74 bits per heavy atom. The van der Waals surface area contributed by atoms with Crippen LogP contribution in [0.25, 0.3) is 22.0 Å². The Morgan fingerprint density at radius 2 is 1.97 bits per heavy atom. The summed E-state index contributed by atoms with van der Waals surface area (Å²) in [5.41, 5.74) is 2.06. The van der Waals surface area contributed by atoms with E-state index in [0.29, 0.717) is 38.5 Å². The molecule has 1 amide bonds. The van der Waals surface area contributed by atoms with Crippen molar-refractivity contribution in [2.24, 2.45) is 0 Å². The van der Waals surface area contributed by atoms with Gasteiger partial charge in [-0.25, -0.2) is 9.78 Å². The van der Waals surface area contributed by atoms with Gasteiger partial charge in [-0.15, -0.1) is 0 Å². The third-order valence-corrected chi connectivity index (χ3v) is 5.57. The Labute approximate surface area is 205 Å². The number of carboxylic acid groups (broad SMARTS) is 1. The van der Waals surface area contributed by atoms with Gasteiger partial charge in [-0.3, -0.25) is 19.1 Å². The second kappa shape index (κ2) is 10.4. The van der Waals surface area contributed by atoms with Crippen LogP contribution in [0, 0.1) is 0 Å². The summed E-state index contributed by atoms with van der Waals surface area (Å²) in [5, 5.41) is 12.7. The SMILES string of the molecule is CNC(=O)Cc1cc2c(=O)n(CCOc3ccc(Cl)cc3-c3cccc(C(=O)O)c3)cnc2cn1. The van der Waals surface area contributed by atoms with E-state index in [1.165, 1.54) is 30.2 Å². The van der Waals surface area contributed by atoms with E-state index in [-0.39, 0.29) is 36.6 Å². The molecule has 0 spiro atoms. The number of likely N-dealkylation sites (N-methyl/N-ethyl adjacent to an activating group) is 1. The lowest BCUT2D eigenvalue weighted by Gasteiger charge is -2.14. The molecular formula is C25H21ClN4O5. The lowest BCUT2D eigenvalue weighted by molar-refractivity contribution is -0.120. The van der Waals surface area contributed by atoms with Crippen LogP contribution in [0.1, 0.15) is 16.1 Å². The largest absolute Gasteiger partial charge is 0.491 e. The number of benzene rings is 2. The number of nitrogens with one attached hydrogen (secondary N) is 1. The van der Waals surface area contributed by atoms with E-state index in [9.17, 15) is 19.5 Å². The summed E-state index contributed by atoms with van der Waals surface area (Å²) in [6, 6.07) is 13.1. The lowest BCUT2D eigenvalue weighted by atomic mass is 10.0. The first-order valence-electron chi connectivity index (χ1n) is 10.7. The molecule has 0 atom stereocenters. The maximum absolute atomic E-state index is 13.0. The lowest BCUT2D eigenvalue weighted by Crippen LogP contribution is -2.24. The van der Waals surface area contributed by atoms with Gasteiger partial charge in [0, 0.05) is 17.6 Å². The fraction of sp³-hybridized carbons (Fsp3) is 0.160. The summed E-state index contributed by atoms with van der Waals surface area (Å²) >= 11 is 6.17. The molecule has 2 aromatic carbocycles. The second-order valence-electron chi connectivity index (χ2n) is 7.66. The Hall–Kier alpha value is -4.24. The van der Waals surface area contributed by atoms with Crippen LogP contribution in [0.2, 0.25) is 5.02 Å². The molecule has 0 aliphatic rings. The molecule has 0 aliphatic heterocycles. The van der Waals surface area contributed by atoms with Crippen molar-refractivity contribution in [3.05, 3.63) is 87.7 Å². The van der Waals surface area contributed by atoms with E-state index in [2.05, 4.69) is 15.3 Å². The number of aromatic nitrogens is 3. The Balaban J connectivity index is 1.55. The molecule has 0 saturated heterocycles. The zero-order chi connectivity index (χ0) is 24.9. The first-order chi connectivity index (χ1) is 16.9. The number of hydrogen-bond donors (Lipinski definition) is 2. The van der Waals surface area contributed by atoms with E-state index < -0.39 is 5.97 Å². The van der Waals surface area contributed by atoms with Crippen LogP contribution in [-0.2, 0) is 17.8 Å². The van der Waals surface area contributed by atoms with Crippen LogP contribution in [0.3, 0.4) is 0 Å². The Morgan fingerprint density at radius 1 is 1.14 bits per heavy atom. The number of rotatable bonds is 8. The summed E-state index contributed by atoms with van der Waals surface area (Å²) in [6.45, 7) is 0.364. The molecule has 0 unspecified atom stereocenters. The van der Waals surface area contributed by atoms with Gasteiger partial charge in [0.05, 0.1) is 47.7 Å². The molecule has 9 nitrogen and oxygen atoms in total. The third-order valence-electron chi connectivity index (χ3n) is 5.34. The average Bonchev–Trinajstić information content (AvgIpc) is 2.86. The van der Waals surface area contributed by atoms with Crippen LogP contribution in [0.15, 0.2) is 65.8 Å². The molecule has 2 N–H and O–H groups in total. The average molecular weight is 493 g/mol. The quantitative estimate of drug-likeness (QED) is 0.387. The van der Waals surface area contributed by atoms with Gasteiger partial charge in [0.25, 0.3) is 5.56 Å². The van der Waals surface area contributed by atoms with Gasteiger partial charge in [-0.2, -0.15) is 0 Å². The molecule has 0 bridgehead atoms. The minimum absolute atomic E-state index is 0.0618. The number of hydrogen-bond acceptors (Lipinski definition) is 6. The Bertz CT molecular complexity index is 1480. The van der Waals surface area contributed by atoms with Crippen molar-refractivity contribution >= 4 is 34.4 Å². The monoisotopic (exact) mass is 492 g/mol. The van der Waals surface area contributed by atoms with E-state index >= 15 is 0 Å². The summed E-state index contributed by atoms with van der Waals surface area (Å²) in [5.74, 6) is -0.744. The smallest absolute Gasteiger partial charge is 0.335 e. The number of ether oxygens (including phenoxy) is 1. The number of amides is 1. The summed E-state index contributed by atoms with van der Waals surface area (Å²) < 4.78 is 7.37. The van der Waals surface area contributed by atoms with Gasteiger partial charge in [0.2, 0.25) is 5.91 Å². The first-order valence-corrected chi connectivity index (χ1v) is 11.0. The normalized spacial score (nSPS) is 10.8. The highest BCUT2D eigenvalue weighted by molar-refractivity contribution is 6.31. The molecule has 10 heteroatoms. The molecule has 0 saturated carbocycles. The minimum atomic E-state index is -1.03. The third kappa shape index (κ3) is 5.47. The first kappa shape index (κ1) is 23.9. The second-order valence-corrected chi connectivity index (χ2v) is 8.10. The van der Waals surface area contributed by atoms with Gasteiger partial charge in [-0.1, -0.05) is 23.7 Å². The fourth-order valence-corrected chi connectivity index (χ4v) is 3.71. The highest BCUT2D eigenvalue weighted by atomic mass is 35.5. The van der Waals surface area contributed by atoms with Gasteiger partial charge in [0.15, 0.2) is 0 Å². The standard InChI is InChI=1S/C25H21ClN4O5/c1-27-23(31)12-18-11-20-21(13-28-18)29-14-30(24(20)32)7-8-35-22-6-5-17(26)10-19(22)15-3-2-4-16(9-15)25(33)34/h2-6,9-11,13-14H,7-8,12H2,1H3,(H,27,31)(H,33,34). The molecule has 178 valence electrons. The van der Waals surface area contributed by atoms with Crippen LogP contribution in [0.5, 0.6) is 5.75 Å².